The van der Waals surface area contributed by atoms with E-state index >= 15 is 0 Å². The number of aromatic nitrogens is 1. The number of thiazole rings is 1. The Morgan fingerprint density at radius 2 is 2.03 bits per heavy atom. The van der Waals surface area contributed by atoms with E-state index in [-0.39, 0.29) is 17.7 Å². The second-order valence-corrected chi connectivity index (χ2v) is 9.89. The van der Waals surface area contributed by atoms with Crippen molar-refractivity contribution in [2.75, 3.05) is 25.0 Å². The molecule has 1 aromatic heterocycles. The molecule has 0 bridgehead atoms. The highest BCUT2D eigenvalue weighted by Gasteiger charge is 2.30. The summed E-state index contributed by atoms with van der Waals surface area (Å²) in [5, 5.41) is 6.74. The van der Waals surface area contributed by atoms with Crippen LogP contribution in [0.15, 0.2) is 0 Å². The van der Waals surface area contributed by atoms with Gasteiger partial charge in [0.15, 0.2) is 5.13 Å². The van der Waals surface area contributed by atoms with E-state index in [0.29, 0.717) is 17.6 Å². The largest absolute Gasteiger partial charge is 0.355 e. The lowest BCUT2D eigenvalue weighted by Crippen LogP contribution is -2.39. The van der Waals surface area contributed by atoms with Crippen LogP contribution in [0.1, 0.15) is 94.5 Å². The third-order valence-corrected chi connectivity index (χ3v) is 7.43. The van der Waals surface area contributed by atoms with Gasteiger partial charge < -0.3 is 15.5 Å². The monoisotopic (exact) mass is 434 g/mol. The van der Waals surface area contributed by atoms with Crippen LogP contribution in [0.3, 0.4) is 0 Å². The number of nitrogens with zero attached hydrogens (tertiary/aromatic N) is 2. The number of hydrogen-bond donors (Lipinski definition) is 2. The summed E-state index contributed by atoms with van der Waals surface area (Å²) in [6, 6.07) is 0.668. The molecule has 0 saturated carbocycles. The van der Waals surface area contributed by atoms with Crippen molar-refractivity contribution < 1.29 is 9.59 Å². The van der Waals surface area contributed by atoms with E-state index in [1.165, 1.54) is 25.8 Å². The zero-order chi connectivity index (χ0) is 21.3. The molecule has 1 aromatic rings. The van der Waals surface area contributed by atoms with E-state index in [0.717, 1.165) is 68.6 Å². The van der Waals surface area contributed by atoms with Gasteiger partial charge in [0.2, 0.25) is 11.8 Å². The van der Waals surface area contributed by atoms with Gasteiger partial charge in [0, 0.05) is 30.4 Å². The number of hydrogen-bond acceptors (Lipinski definition) is 5. The Kier molecular flexibility index (Phi) is 9.12. The van der Waals surface area contributed by atoms with Crippen LogP contribution < -0.4 is 10.6 Å². The van der Waals surface area contributed by atoms with Crippen LogP contribution >= 0.6 is 11.3 Å². The van der Waals surface area contributed by atoms with Gasteiger partial charge in [-0.25, -0.2) is 4.98 Å². The molecule has 0 aromatic carbocycles. The van der Waals surface area contributed by atoms with E-state index < -0.39 is 0 Å². The van der Waals surface area contributed by atoms with E-state index in [1.807, 2.05) is 0 Å². The first kappa shape index (κ1) is 23.2. The van der Waals surface area contributed by atoms with Crippen LogP contribution in [-0.2, 0) is 16.0 Å². The quantitative estimate of drug-likeness (QED) is 0.533. The number of aryl methyl sites for hydroxylation is 1. The van der Waals surface area contributed by atoms with Crippen LogP contribution in [-0.4, -0.2) is 47.4 Å². The predicted molar refractivity (Wildman–Crippen MR) is 123 cm³/mol. The highest BCUT2D eigenvalue weighted by Crippen LogP contribution is 2.36. The van der Waals surface area contributed by atoms with Gasteiger partial charge in [-0.2, -0.15) is 0 Å². The molecule has 2 aliphatic rings. The normalized spacial score (nSPS) is 21.8. The van der Waals surface area contributed by atoms with Crippen molar-refractivity contribution in [3.8, 4) is 0 Å². The average molecular weight is 435 g/mol. The Labute approximate surface area is 185 Å². The lowest BCUT2D eigenvalue weighted by atomic mass is 9.90. The Bertz CT molecular complexity index is 705. The van der Waals surface area contributed by atoms with Crippen molar-refractivity contribution in [3.63, 3.8) is 0 Å². The number of likely N-dealkylation sites (tertiary alicyclic amines) is 1. The van der Waals surface area contributed by atoms with Gasteiger partial charge in [-0.1, -0.05) is 26.2 Å². The van der Waals surface area contributed by atoms with E-state index in [9.17, 15) is 9.59 Å². The molecule has 6 nitrogen and oxygen atoms in total. The number of anilines is 1. The molecule has 0 radical (unpaired) electrons. The maximum Gasteiger partial charge on any atom is 0.229 e. The first-order valence-corrected chi connectivity index (χ1v) is 12.7. The van der Waals surface area contributed by atoms with Crippen molar-refractivity contribution in [1.82, 2.24) is 15.2 Å². The number of fused-ring (bicyclic) bond motifs is 1. The lowest BCUT2D eigenvalue weighted by molar-refractivity contribution is -0.123. The molecule has 2 amide bonds. The molecule has 1 saturated heterocycles. The molecule has 3 rings (SSSR count). The van der Waals surface area contributed by atoms with Crippen LogP contribution in [0.5, 0.6) is 0 Å². The molecule has 2 unspecified atom stereocenters. The molecule has 168 valence electrons. The number of rotatable bonds is 10. The number of carbonyl (C=O) groups excluding carboxylic acids is 2. The maximum atomic E-state index is 12.8. The lowest BCUT2D eigenvalue weighted by Gasteiger charge is -2.33. The van der Waals surface area contributed by atoms with Crippen molar-refractivity contribution in [1.29, 1.82) is 0 Å². The zero-order valence-electron chi connectivity index (χ0n) is 18.7. The number of nitrogens with one attached hydrogen (secondary N) is 2. The van der Waals surface area contributed by atoms with Crippen molar-refractivity contribution >= 4 is 28.3 Å². The van der Waals surface area contributed by atoms with Crippen LogP contribution in [0.25, 0.3) is 0 Å². The molecule has 0 spiro atoms. The molecule has 2 atom stereocenters. The summed E-state index contributed by atoms with van der Waals surface area (Å²) in [6.45, 7) is 7.41. The minimum absolute atomic E-state index is 0.0301. The summed E-state index contributed by atoms with van der Waals surface area (Å²) >= 11 is 1.54. The van der Waals surface area contributed by atoms with E-state index in [4.69, 9.17) is 0 Å². The van der Waals surface area contributed by atoms with Crippen LogP contribution in [0.4, 0.5) is 5.13 Å². The topological polar surface area (TPSA) is 74.3 Å². The predicted octanol–water partition coefficient (Wildman–Crippen LogP) is 4.46. The molecule has 1 fully saturated rings. The van der Waals surface area contributed by atoms with Gasteiger partial charge >= 0.3 is 0 Å². The maximum absolute atomic E-state index is 12.8. The fraction of sp³-hybridized carbons (Fsp3) is 0.783. The molecule has 30 heavy (non-hydrogen) atoms. The fourth-order valence-corrected chi connectivity index (χ4v) is 5.63. The average Bonchev–Trinajstić information content (AvgIpc) is 3.14. The molecule has 2 N–H and O–H groups in total. The highest BCUT2D eigenvalue weighted by molar-refractivity contribution is 7.15. The Hall–Kier alpha value is -1.47. The minimum atomic E-state index is -0.176. The van der Waals surface area contributed by atoms with Crippen molar-refractivity contribution in [2.24, 2.45) is 0 Å². The van der Waals surface area contributed by atoms with Gasteiger partial charge in [-0.05, 0) is 58.4 Å². The van der Waals surface area contributed by atoms with Gasteiger partial charge in [0.1, 0.15) is 0 Å². The third-order valence-electron chi connectivity index (χ3n) is 6.39. The molecule has 1 aliphatic carbocycles. The fourth-order valence-electron chi connectivity index (χ4n) is 4.55. The number of carbonyl (C=O) groups is 2. The summed E-state index contributed by atoms with van der Waals surface area (Å²) in [6.07, 6.45) is 11.3. The van der Waals surface area contributed by atoms with E-state index in [1.54, 1.807) is 11.3 Å². The first-order chi connectivity index (χ1) is 14.6. The highest BCUT2D eigenvalue weighted by atomic mass is 32.1. The van der Waals surface area contributed by atoms with Gasteiger partial charge in [0.05, 0.1) is 11.6 Å². The number of piperidine rings is 1. The zero-order valence-corrected chi connectivity index (χ0v) is 19.5. The first-order valence-electron chi connectivity index (χ1n) is 11.9. The standard InChI is InChI=1S/C23H38N4O2S/c1-3-4-5-13-20(28)25-23-26-21-18(11-8-12-19(21)30-23)22(29)24-14-9-16-27-15-7-6-10-17(27)2/h17-18H,3-16H2,1-2H3,(H,24,29)(H,25,26,28). The summed E-state index contributed by atoms with van der Waals surface area (Å²) in [5.41, 5.74) is 0.886. The summed E-state index contributed by atoms with van der Waals surface area (Å²) in [4.78, 5) is 33.3. The summed E-state index contributed by atoms with van der Waals surface area (Å²) in [5.74, 6) is -0.0547. The van der Waals surface area contributed by atoms with Gasteiger partial charge in [0.25, 0.3) is 0 Å². The summed E-state index contributed by atoms with van der Waals surface area (Å²) in [7, 11) is 0. The minimum Gasteiger partial charge on any atom is -0.355 e. The third kappa shape index (κ3) is 6.51. The van der Waals surface area contributed by atoms with Crippen molar-refractivity contribution in [2.45, 2.75) is 96.4 Å². The Morgan fingerprint density at radius 1 is 1.17 bits per heavy atom. The molecule has 7 heteroatoms. The Balaban J connectivity index is 1.47. The molecule has 1 aliphatic heterocycles. The van der Waals surface area contributed by atoms with Crippen molar-refractivity contribution in [3.05, 3.63) is 10.6 Å². The second kappa shape index (κ2) is 11.8. The van der Waals surface area contributed by atoms with Gasteiger partial charge in [-0.15, -0.1) is 11.3 Å². The van der Waals surface area contributed by atoms with Gasteiger partial charge in [-0.3, -0.25) is 9.59 Å². The second-order valence-electron chi connectivity index (χ2n) is 8.80. The molecule has 2 heterocycles. The molecular weight excluding hydrogens is 396 g/mol. The molecular formula is C23H38N4O2S. The van der Waals surface area contributed by atoms with Crippen LogP contribution in [0, 0.1) is 0 Å². The summed E-state index contributed by atoms with van der Waals surface area (Å²) < 4.78 is 0. The SMILES string of the molecule is CCCCCC(=O)Nc1nc2c(s1)CCCC2C(=O)NCCCN1CCCCC1C. The van der Waals surface area contributed by atoms with E-state index in [2.05, 4.69) is 34.4 Å². The number of amides is 2. The smallest absolute Gasteiger partial charge is 0.229 e. The number of unbranched alkanes of at least 4 members (excludes halogenated alkanes) is 2. The van der Waals surface area contributed by atoms with Crippen LogP contribution in [0.2, 0.25) is 0 Å². The Morgan fingerprint density at radius 3 is 2.83 bits per heavy atom.